The van der Waals surface area contributed by atoms with Crippen LogP contribution in [0.1, 0.15) is 12.8 Å². The summed E-state index contributed by atoms with van der Waals surface area (Å²) in [5.74, 6) is 1.05. The van der Waals surface area contributed by atoms with E-state index in [0.717, 1.165) is 31.7 Å². The molecule has 1 aliphatic heterocycles. The summed E-state index contributed by atoms with van der Waals surface area (Å²) in [5.41, 5.74) is -1.06. The van der Waals surface area contributed by atoms with E-state index >= 15 is 0 Å². The lowest BCUT2D eigenvalue weighted by atomic mass is 9.98. The molecule has 0 saturated carbocycles. The van der Waals surface area contributed by atoms with Crippen LogP contribution < -0.4 is 21.5 Å². The molecule has 2 aromatic rings. The quantitative estimate of drug-likeness (QED) is 0.794. The number of rotatable bonds is 5. The summed E-state index contributed by atoms with van der Waals surface area (Å²) in [7, 11) is 0. The predicted molar refractivity (Wildman–Crippen MR) is 93.5 cm³/mol. The maximum atomic E-state index is 12.1. The van der Waals surface area contributed by atoms with E-state index in [9.17, 15) is 14.4 Å². The molecule has 0 radical (unpaired) electrons. The SMILES string of the molecule is O=C(Cn1ccc(=O)[nH]c1=O)NC[C@H]1CCCN(c2ccccn2)C1. The first-order valence-electron chi connectivity index (χ1n) is 8.34. The van der Waals surface area contributed by atoms with Crippen molar-refractivity contribution in [3.05, 3.63) is 57.5 Å². The Morgan fingerprint density at radius 3 is 2.96 bits per heavy atom. The normalized spacial score (nSPS) is 17.3. The minimum Gasteiger partial charge on any atom is -0.356 e. The Morgan fingerprint density at radius 1 is 1.32 bits per heavy atom. The molecule has 3 rings (SSSR count). The molecule has 0 spiro atoms. The van der Waals surface area contributed by atoms with Gasteiger partial charge in [-0.3, -0.25) is 19.1 Å². The van der Waals surface area contributed by atoms with E-state index in [1.807, 2.05) is 18.2 Å². The maximum Gasteiger partial charge on any atom is 0.328 e. The van der Waals surface area contributed by atoms with Crippen molar-refractivity contribution in [2.75, 3.05) is 24.5 Å². The Balaban J connectivity index is 1.51. The molecular formula is C17H21N5O3. The van der Waals surface area contributed by atoms with Crippen molar-refractivity contribution in [1.29, 1.82) is 0 Å². The second kappa shape index (κ2) is 7.78. The van der Waals surface area contributed by atoms with Crippen molar-refractivity contribution in [1.82, 2.24) is 19.9 Å². The summed E-state index contributed by atoms with van der Waals surface area (Å²) < 4.78 is 1.18. The third-order valence-corrected chi connectivity index (χ3v) is 4.29. The molecule has 1 saturated heterocycles. The number of carbonyl (C=O) groups excluding carboxylic acids is 1. The number of nitrogens with one attached hydrogen (secondary N) is 2. The number of amides is 1. The monoisotopic (exact) mass is 343 g/mol. The fourth-order valence-electron chi connectivity index (χ4n) is 3.02. The molecule has 2 N–H and O–H groups in total. The van der Waals surface area contributed by atoms with Gasteiger partial charge in [0, 0.05) is 38.1 Å². The van der Waals surface area contributed by atoms with Gasteiger partial charge < -0.3 is 10.2 Å². The van der Waals surface area contributed by atoms with Crippen LogP contribution in [0.15, 0.2) is 46.2 Å². The number of carbonyl (C=O) groups is 1. The number of anilines is 1. The molecular weight excluding hydrogens is 322 g/mol. The number of pyridine rings is 1. The number of aromatic nitrogens is 3. The molecule has 1 aliphatic rings. The lowest BCUT2D eigenvalue weighted by Crippen LogP contribution is -2.42. The highest BCUT2D eigenvalue weighted by molar-refractivity contribution is 5.75. The van der Waals surface area contributed by atoms with Gasteiger partial charge in [0.25, 0.3) is 5.56 Å². The molecule has 132 valence electrons. The molecule has 0 bridgehead atoms. The standard InChI is InChI=1S/C17H21N5O3/c23-15-6-9-22(17(25)20-15)12-16(24)19-10-13-4-3-8-21(11-13)14-5-1-2-7-18-14/h1-2,5-7,9,13H,3-4,8,10-12H2,(H,19,24)(H,20,23,25)/t13-/m1/s1. The van der Waals surface area contributed by atoms with E-state index in [-0.39, 0.29) is 12.5 Å². The van der Waals surface area contributed by atoms with Crippen molar-refractivity contribution in [2.45, 2.75) is 19.4 Å². The summed E-state index contributed by atoms with van der Waals surface area (Å²) in [4.78, 5) is 43.4. The zero-order valence-corrected chi connectivity index (χ0v) is 13.9. The Bertz CT molecular complexity index is 830. The molecule has 0 aliphatic carbocycles. The van der Waals surface area contributed by atoms with Gasteiger partial charge in [0.2, 0.25) is 5.91 Å². The Morgan fingerprint density at radius 2 is 2.20 bits per heavy atom. The number of aromatic amines is 1. The molecule has 2 aromatic heterocycles. The fourth-order valence-corrected chi connectivity index (χ4v) is 3.02. The molecule has 8 nitrogen and oxygen atoms in total. The lowest BCUT2D eigenvalue weighted by Gasteiger charge is -2.33. The zero-order chi connectivity index (χ0) is 17.6. The first kappa shape index (κ1) is 16.9. The van der Waals surface area contributed by atoms with Gasteiger partial charge in [-0.25, -0.2) is 9.78 Å². The topological polar surface area (TPSA) is 100 Å². The average molecular weight is 343 g/mol. The van der Waals surface area contributed by atoms with Crippen molar-refractivity contribution in [3.63, 3.8) is 0 Å². The second-order valence-corrected chi connectivity index (χ2v) is 6.18. The van der Waals surface area contributed by atoms with Crippen LogP contribution in [0.3, 0.4) is 0 Å². The van der Waals surface area contributed by atoms with Crippen LogP contribution in [0.25, 0.3) is 0 Å². The van der Waals surface area contributed by atoms with Gasteiger partial charge in [-0.05, 0) is 30.9 Å². The number of hydrogen-bond acceptors (Lipinski definition) is 5. The number of piperidine rings is 1. The van der Waals surface area contributed by atoms with Crippen LogP contribution in [-0.4, -0.2) is 40.1 Å². The average Bonchev–Trinajstić information content (AvgIpc) is 2.63. The van der Waals surface area contributed by atoms with Crippen LogP contribution >= 0.6 is 0 Å². The smallest absolute Gasteiger partial charge is 0.328 e. The third-order valence-electron chi connectivity index (χ3n) is 4.29. The molecule has 0 unspecified atom stereocenters. The van der Waals surface area contributed by atoms with Crippen molar-refractivity contribution in [3.8, 4) is 0 Å². The third kappa shape index (κ3) is 4.56. The van der Waals surface area contributed by atoms with Crippen molar-refractivity contribution in [2.24, 2.45) is 5.92 Å². The van der Waals surface area contributed by atoms with E-state index in [1.165, 1.54) is 16.8 Å². The van der Waals surface area contributed by atoms with E-state index in [4.69, 9.17) is 0 Å². The van der Waals surface area contributed by atoms with Crippen molar-refractivity contribution < 1.29 is 4.79 Å². The van der Waals surface area contributed by atoms with Gasteiger partial charge in [0.05, 0.1) is 0 Å². The van der Waals surface area contributed by atoms with Crippen LogP contribution in [-0.2, 0) is 11.3 Å². The highest BCUT2D eigenvalue weighted by atomic mass is 16.2. The Kier molecular flexibility index (Phi) is 5.27. The summed E-state index contributed by atoms with van der Waals surface area (Å²) >= 11 is 0. The first-order valence-corrected chi connectivity index (χ1v) is 8.34. The Labute approximate surface area is 144 Å². The Hall–Kier alpha value is -2.90. The minimum atomic E-state index is -0.582. The van der Waals surface area contributed by atoms with E-state index in [2.05, 4.69) is 20.2 Å². The molecule has 3 heterocycles. The van der Waals surface area contributed by atoms with Crippen LogP contribution in [0.4, 0.5) is 5.82 Å². The van der Waals surface area contributed by atoms with Gasteiger partial charge in [-0.1, -0.05) is 6.07 Å². The molecule has 1 fully saturated rings. The number of H-pyrrole nitrogens is 1. The molecule has 1 atom stereocenters. The molecule has 1 amide bonds. The predicted octanol–water partition coefficient (Wildman–Crippen LogP) is -0.0356. The van der Waals surface area contributed by atoms with Gasteiger partial charge in [0.1, 0.15) is 12.4 Å². The number of nitrogens with zero attached hydrogens (tertiary/aromatic N) is 3. The molecule has 25 heavy (non-hydrogen) atoms. The largest absolute Gasteiger partial charge is 0.356 e. The van der Waals surface area contributed by atoms with Crippen LogP contribution in [0, 0.1) is 5.92 Å². The highest BCUT2D eigenvalue weighted by Crippen LogP contribution is 2.20. The maximum absolute atomic E-state index is 12.1. The molecule has 0 aromatic carbocycles. The minimum absolute atomic E-state index is 0.105. The summed E-state index contributed by atoms with van der Waals surface area (Å²) in [6, 6.07) is 7.07. The number of hydrogen-bond donors (Lipinski definition) is 2. The van der Waals surface area contributed by atoms with E-state index in [0.29, 0.717) is 12.5 Å². The highest BCUT2D eigenvalue weighted by Gasteiger charge is 2.21. The van der Waals surface area contributed by atoms with E-state index in [1.54, 1.807) is 6.20 Å². The van der Waals surface area contributed by atoms with Gasteiger partial charge in [-0.15, -0.1) is 0 Å². The van der Waals surface area contributed by atoms with Crippen LogP contribution in [0.5, 0.6) is 0 Å². The zero-order valence-electron chi connectivity index (χ0n) is 13.9. The summed E-state index contributed by atoms with van der Waals surface area (Å²) in [5, 5.41) is 2.88. The van der Waals surface area contributed by atoms with Crippen molar-refractivity contribution >= 4 is 11.7 Å². The summed E-state index contributed by atoms with van der Waals surface area (Å²) in [6.07, 6.45) is 5.20. The van der Waals surface area contributed by atoms with E-state index < -0.39 is 11.2 Å². The van der Waals surface area contributed by atoms with Gasteiger partial charge in [0.15, 0.2) is 0 Å². The molecule has 8 heteroatoms. The van der Waals surface area contributed by atoms with Crippen LogP contribution in [0.2, 0.25) is 0 Å². The fraction of sp³-hybridized carbons (Fsp3) is 0.412. The van der Waals surface area contributed by atoms with Gasteiger partial charge >= 0.3 is 5.69 Å². The first-order chi connectivity index (χ1) is 12.1. The van der Waals surface area contributed by atoms with Gasteiger partial charge in [-0.2, -0.15) is 0 Å². The lowest BCUT2D eigenvalue weighted by molar-refractivity contribution is -0.121. The second-order valence-electron chi connectivity index (χ2n) is 6.18. The summed E-state index contributed by atoms with van der Waals surface area (Å²) in [6.45, 7) is 2.26.